The molecule has 5 rings (SSSR count). The van der Waals surface area contributed by atoms with Gasteiger partial charge in [0.1, 0.15) is 0 Å². The number of nitrogens with zero attached hydrogens (tertiary/aromatic N) is 2. The Morgan fingerprint density at radius 3 is 2.27 bits per heavy atom. The minimum absolute atomic E-state index is 0.00716. The van der Waals surface area contributed by atoms with Crippen LogP contribution in [0.1, 0.15) is 89.2 Å². The van der Waals surface area contributed by atoms with Gasteiger partial charge in [-0.1, -0.05) is 74.3 Å². The number of carboxylic acids is 1. The smallest absolute Gasteiger partial charge is 0.417 e. The number of pyridine rings is 1. The first kappa shape index (κ1) is 38.1. The number of piperidine rings is 1. The second-order valence-electron chi connectivity index (χ2n) is 12.7. The van der Waals surface area contributed by atoms with E-state index in [0.717, 1.165) is 48.8 Å². The molecule has 3 aromatic carbocycles. The fraction of sp³-hybridized carbons (Fsp3) is 0.378. The third kappa shape index (κ3) is 9.30. The summed E-state index contributed by atoms with van der Waals surface area (Å²) in [7, 11) is 4.01. The third-order valence-corrected chi connectivity index (χ3v) is 9.79. The van der Waals surface area contributed by atoms with Crippen molar-refractivity contribution in [2.45, 2.75) is 71.0 Å². The Morgan fingerprint density at radius 2 is 1.67 bits per heavy atom. The number of carboxylic acid groups (broad SMARTS) is 1. The van der Waals surface area contributed by atoms with Gasteiger partial charge in [-0.3, -0.25) is 19.3 Å². The maximum absolute atomic E-state index is 14.5. The number of amides is 1. The van der Waals surface area contributed by atoms with Gasteiger partial charge in [0.05, 0.1) is 11.1 Å². The van der Waals surface area contributed by atoms with Crippen LogP contribution in [0, 0.1) is 0 Å². The Balaban J connectivity index is 0.000000350. The van der Waals surface area contributed by atoms with E-state index < -0.39 is 23.3 Å². The second-order valence-corrected chi connectivity index (χ2v) is 13.7. The molecule has 1 amide bonds. The lowest BCUT2D eigenvalue weighted by Gasteiger charge is -2.27. The average molecular weight is 716 g/mol. The van der Waals surface area contributed by atoms with Gasteiger partial charge in [-0.15, -0.1) is 9.24 Å². The fourth-order valence-electron chi connectivity index (χ4n) is 6.37. The molecule has 0 spiro atoms. The van der Waals surface area contributed by atoms with Gasteiger partial charge < -0.3 is 15.4 Å². The average Bonchev–Trinajstić information content (AvgIpc) is 3.03. The number of hydrogen-bond acceptors (Lipinski definition) is 4. The highest BCUT2D eigenvalue weighted by Gasteiger charge is 2.38. The van der Waals surface area contributed by atoms with Crippen LogP contribution in [0.5, 0.6) is 0 Å². The van der Waals surface area contributed by atoms with Crippen LogP contribution >= 0.6 is 20.8 Å². The van der Waals surface area contributed by atoms with Gasteiger partial charge in [0.25, 0.3) is 5.56 Å². The van der Waals surface area contributed by atoms with Gasteiger partial charge >= 0.3 is 12.1 Å². The normalized spacial score (nSPS) is 13.7. The van der Waals surface area contributed by atoms with Crippen molar-refractivity contribution < 1.29 is 27.9 Å². The quantitative estimate of drug-likeness (QED) is 0.178. The molecule has 12 heteroatoms. The van der Waals surface area contributed by atoms with Crippen LogP contribution < -0.4 is 16.6 Å². The fourth-order valence-corrected chi connectivity index (χ4v) is 7.08. The number of rotatable bonds is 9. The van der Waals surface area contributed by atoms with E-state index in [9.17, 15) is 27.6 Å². The van der Waals surface area contributed by atoms with Gasteiger partial charge in [-0.05, 0) is 78.0 Å². The van der Waals surface area contributed by atoms with Crippen LogP contribution in [0.25, 0.3) is 10.9 Å². The van der Waals surface area contributed by atoms with Crippen LogP contribution in [0.4, 0.5) is 13.2 Å². The number of aromatic nitrogens is 1. The maximum Gasteiger partial charge on any atom is 0.417 e. The number of carbonyl (C=O) groups excluding carboxylic acids is 1. The van der Waals surface area contributed by atoms with Crippen molar-refractivity contribution in [3.8, 4) is 0 Å². The van der Waals surface area contributed by atoms with Crippen LogP contribution in [0.3, 0.4) is 0 Å². The van der Waals surface area contributed by atoms with E-state index >= 15 is 0 Å². The number of aliphatic carboxylic acids is 1. The van der Waals surface area contributed by atoms with Crippen molar-refractivity contribution in [2.24, 2.45) is 12.8 Å². The molecule has 3 N–H and O–H groups in total. The molecule has 1 aromatic heterocycles. The monoisotopic (exact) mass is 715 g/mol. The molecule has 0 radical (unpaired) electrons. The number of alkyl halides is 3. The molecule has 4 aromatic rings. The summed E-state index contributed by atoms with van der Waals surface area (Å²) in [6.45, 7) is 6.49. The highest BCUT2D eigenvalue weighted by molar-refractivity contribution is 7.27. The molecule has 1 atom stereocenters. The lowest BCUT2D eigenvalue weighted by molar-refractivity contribution is -0.137. The first-order valence-electron chi connectivity index (χ1n) is 16.2. The van der Waals surface area contributed by atoms with Gasteiger partial charge in [0.15, 0.2) is 0 Å². The molecular formula is C37H42ClF3N3O4P. The number of nitrogens with two attached hydrogens (primary N) is 1. The molecule has 49 heavy (non-hydrogen) atoms. The predicted octanol–water partition coefficient (Wildman–Crippen LogP) is 7.21. The molecule has 1 aliphatic heterocycles. The lowest BCUT2D eigenvalue weighted by Crippen LogP contribution is -2.29. The molecule has 1 saturated heterocycles. The number of primary amides is 1. The molecule has 1 fully saturated rings. The van der Waals surface area contributed by atoms with Crippen molar-refractivity contribution in [1.82, 2.24) is 9.47 Å². The summed E-state index contributed by atoms with van der Waals surface area (Å²) in [6.07, 6.45) is -1.76. The Morgan fingerprint density at radius 1 is 1.02 bits per heavy atom. The summed E-state index contributed by atoms with van der Waals surface area (Å²) in [5.74, 6) is -1.03. The van der Waals surface area contributed by atoms with E-state index in [0.29, 0.717) is 29.2 Å². The molecule has 0 aliphatic carbocycles. The van der Waals surface area contributed by atoms with E-state index in [4.69, 9.17) is 22.4 Å². The number of carbonyl (C=O) groups is 2. The summed E-state index contributed by atoms with van der Waals surface area (Å²) in [5, 5.41) is 10.0. The van der Waals surface area contributed by atoms with E-state index in [-0.39, 0.29) is 46.7 Å². The Kier molecular flexibility index (Phi) is 12.7. The Labute approximate surface area is 291 Å². The first-order valence-corrected chi connectivity index (χ1v) is 17.2. The zero-order chi connectivity index (χ0) is 36.0. The highest BCUT2D eigenvalue weighted by Crippen LogP contribution is 2.38. The largest absolute Gasteiger partial charge is 0.481 e. The number of fused-ring (bicyclic) bond motifs is 1. The van der Waals surface area contributed by atoms with Gasteiger partial charge in [0.2, 0.25) is 5.91 Å². The highest BCUT2D eigenvalue weighted by atomic mass is 35.5. The SMILES string of the molecule is CC(C)c1cccc(P)c1C(N)=O.Cn1c(=O)c(Cc2cccc(CCC(=O)O)c2Cl)c(C(F)(F)F)c2cc(CN3CCCCC3)ccc21. The Bertz CT molecular complexity index is 1900. The topological polar surface area (TPSA) is 106 Å². The second kappa shape index (κ2) is 16.3. The Hall–Kier alpha value is -3.72. The molecular weight excluding hydrogens is 674 g/mol. The first-order chi connectivity index (χ1) is 23.1. The van der Waals surface area contributed by atoms with Gasteiger partial charge in [-0.25, -0.2) is 0 Å². The van der Waals surface area contributed by atoms with E-state index in [1.165, 1.54) is 11.6 Å². The number of hydrogen-bond donors (Lipinski definition) is 2. The van der Waals surface area contributed by atoms with Gasteiger partial charge in [-0.2, -0.15) is 13.2 Å². The minimum atomic E-state index is -4.75. The van der Waals surface area contributed by atoms with Gasteiger partial charge in [0, 0.05) is 48.0 Å². The summed E-state index contributed by atoms with van der Waals surface area (Å²) >= 11 is 6.46. The summed E-state index contributed by atoms with van der Waals surface area (Å²) in [6, 6.07) is 15.5. The van der Waals surface area contributed by atoms with E-state index in [2.05, 4.69) is 14.1 Å². The zero-order valence-electron chi connectivity index (χ0n) is 27.9. The lowest BCUT2D eigenvalue weighted by atomic mass is 9.94. The molecule has 1 unspecified atom stereocenters. The standard InChI is InChI=1S/C27H28ClF3N2O3.C10H14NOP/c1-32-22-10-8-17(16-33-12-3-2-4-13-33)14-20(22)24(27(29,30)31)21(26(32)36)15-19-7-5-6-18(25(19)28)9-11-23(34)35;1-6(2)7-4-3-5-8(13)9(7)10(11)12/h5-8,10,14H,2-4,9,11-13,15-16H2,1H3,(H,34,35);3-6H,13H2,1-2H3,(H2,11,12). The molecule has 1 aliphatic rings. The van der Waals surface area contributed by atoms with Crippen molar-refractivity contribution in [2.75, 3.05) is 13.1 Å². The molecule has 0 saturated carbocycles. The van der Waals surface area contributed by atoms with Crippen LogP contribution in [0.15, 0.2) is 59.4 Å². The maximum atomic E-state index is 14.5. The summed E-state index contributed by atoms with van der Waals surface area (Å²) in [5.41, 5.74) is 6.78. The van der Waals surface area contributed by atoms with Crippen molar-refractivity contribution in [3.63, 3.8) is 0 Å². The van der Waals surface area contributed by atoms with Crippen molar-refractivity contribution in [1.29, 1.82) is 0 Å². The number of aryl methyl sites for hydroxylation is 2. The van der Waals surface area contributed by atoms with Crippen LogP contribution in [-0.4, -0.2) is 39.5 Å². The number of halogens is 4. The van der Waals surface area contributed by atoms with Crippen LogP contribution in [0.2, 0.25) is 5.02 Å². The zero-order valence-corrected chi connectivity index (χ0v) is 29.8. The van der Waals surface area contributed by atoms with Crippen LogP contribution in [-0.2, 0) is 37.4 Å². The summed E-state index contributed by atoms with van der Waals surface area (Å²) < 4.78 is 44.8. The van der Waals surface area contributed by atoms with E-state index in [1.807, 2.05) is 32.0 Å². The van der Waals surface area contributed by atoms with E-state index in [1.54, 1.807) is 36.4 Å². The predicted molar refractivity (Wildman–Crippen MR) is 192 cm³/mol. The van der Waals surface area contributed by atoms with Crippen molar-refractivity contribution in [3.05, 3.63) is 109 Å². The summed E-state index contributed by atoms with van der Waals surface area (Å²) in [4.78, 5) is 37.6. The molecule has 0 bridgehead atoms. The third-order valence-electron chi connectivity index (χ3n) is 8.83. The molecule has 7 nitrogen and oxygen atoms in total. The minimum Gasteiger partial charge on any atom is -0.481 e. The molecule has 262 valence electrons. The number of likely N-dealkylation sites (tertiary alicyclic amines) is 1. The molecule has 2 heterocycles. The number of benzene rings is 3. The van der Waals surface area contributed by atoms with Crippen molar-refractivity contribution >= 4 is 48.9 Å².